The van der Waals surface area contributed by atoms with Gasteiger partial charge in [0, 0.05) is 25.0 Å². The van der Waals surface area contributed by atoms with E-state index in [1.807, 2.05) is 24.3 Å². The van der Waals surface area contributed by atoms with Crippen molar-refractivity contribution in [1.82, 2.24) is 10.3 Å². The highest BCUT2D eigenvalue weighted by Gasteiger charge is 2.23. The largest absolute Gasteiger partial charge is 0.452 e. The second-order valence-corrected chi connectivity index (χ2v) is 9.67. The Morgan fingerprint density at radius 3 is 2.47 bits per heavy atom. The van der Waals surface area contributed by atoms with Crippen LogP contribution in [0.25, 0.3) is 10.9 Å². The summed E-state index contributed by atoms with van der Waals surface area (Å²) < 4.78 is 27.9. The van der Waals surface area contributed by atoms with E-state index in [0.29, 0.717) is 24.3 Å². The van der Waals surface area contributed by atoms with Crippen LogP contribution in [0, 0.1) is 0 Å². The zero-order chi connectivity index (χ0) is 24.1. The van der Waals surface area contributed by atoms with Crippen molar-refractivity contribution in [3.8, 4) is 0 Å². The first-order valence-corrected chi connectivity index (χ1v) is 12.6. The number of hydrogen-bond donors (Lipinski definition) is 2. The van der Waals surface area contributed by atoms with Gasteiger partial charge in [0.15, 0.2) is 6.61 Å². The molecule has 9 nitrogen and oxygen atoms in total. The lowest BCUT2D eigenvalue weighted by Crippen LogP contribution is -2.31. The Labute approximate surface area is 198 Å². The molecule has 0 unspecified atom stereocenters. The zero-order valence-corrected chi connectivity index (χ0v) is 19.4. The normalized spacial score (nSPS) is 13.7. The summed E-state index contributed by atoms with van der Waals surface area (Å²) in [6.07, 6.45) is 2.56. The predicted octanol–water partition coefficient (Wildman–Crippen LogP) is 2.00. The fourth-order valence-corrected chi connectivity index (χ4v) is 4.39. The van der Waals surface area contributed by atoms with Gasteiger partial charge >= 0.3 is 5.97 Å². The van der Waals surface area contributed by atoms with Crippen LogP contribution in [0.15, 0.2) is 59.5 Å². The minimum atomic E-state index is -3.74. The molecule has 1 saturated heterocycles. The number of primary sulfonamides is 1. The number of hydrogen-bond acceptors (Lipinski definition) is 7. The molecular weight excluding hydrogens is 456 g/mol. The summed E-state index contributed by atoms with van der Waals surface area (Å²) in [5.74, 6) is -0.426. The predicted molar refractivity (Wildman–Crippen MR) is 128 cm³/mol. The number of carbonyl (C=O) groups excluding carboxylic acids is 2. The van der Waals surface area contributed by atoms with Crippen molar-refractivity contribution in [3.05, 3.63) is 65.7 Å². The van der Waals surface area contributed by atoms with Gasteiger partial charge in [-0.1, -0.05) is 30.3 Å². The van der Waals surface area contributed by atoms with Crippen molar-refractivity contribution in [2.24, 2.45) is 5.14 Å². The van der Waals surface area contributed by atoms with Crippen molar-refractivity contribution >= 4 is 38.6 Å². The summed E-state index contributed by atoms with van der Waals surface area (Å²) in [7, 11) is -3.74. The fraction of sp³-hybridized carbons (Fsp3) is 0.292. The highest BCUT2D eigenvalue weighted by atomic mass is 32.2. The molecule has 0 spiro atoms. The number of nitrogens with zero attached hydrogens (tertiary/aromatic N) is 2. The number of fused-ring (bicyclic) bond motifs is 1. The van der Waals surface area contributed by atoms with Gasteiger partial charge in [0.05, 0.1) is 10.4 Å². The lowest BCUT2D eigenvalue weighted by Gasteiger charge is -2.20. The zero-order valence-electron chi connectivity index (χ0n) is 18.6. The second kappa shape index (κ2) is 10.2. The number of pyridine rings is 1. The van der Waals surface area contributed by atoms with Crippen LogP contribution >= 0.6 is 0 Å². The average molecular weight is 483 g/mol. The van der Waals surface area contributed by atoms with Crippen molar-refractivity contribution < 1.29 is 22.7 Å². The highest BCUT2D eigenvalue weighted by molar-refractivity contribution is 7.89. The van der Waals surface area contributed by atoms with Gasteiger partial charge < -0.3 is 15.0 Å². The van der Waals surface area contributed by atoms with E-state index in [4.69, 9.17) is 9.88 Å². The first-order chi connectivity index (χ1) is 16.3. The maximum Gasteiger partial charge on any atom is 0.342 e. The number of benzene rings is 2. The summed E-state index contributed by atoms with van der Waals surface area (Å²) >= 11 is 0. The Hall–Kier alpha value is -3.50. The number of nitrogens with one attached hydrogen (secondary N) is 1. The Morgan fingerprint density at radius 2 is 1.76 bits per heavy atom. The van der Waals surface area contributed by atoms with E-state index in [0.717, 1.165) is 42.4 Å². The molecule has 10 heteroatoms. The second-order valence-electron chi connectivity index (χ2n) is 8.11. The molecule has 1 amide bonds. The Bertz CT molecular complexity index is 1300. The van der Waals surface area contributed by atoms with Crippen molar-refractivity contribution in [3.63, 3.8) is 0 Å². The molecule has 0 bridgehead atoms. The molecule has 2 heterocycles. The molecule has 3 aromatic rings. The molecule has 0 saturated carbocycles. The van der Waals surface area contributed by atoms with Gasteiger partial charge in [-0.15, -0.1) is 0 Å². The Balaban J connectivity index is 1.34. The third kappa shape index (κ3) is 5.70. The lowest BCUT2D eigenvalue weighted by atomic mass is 10.1. The van der Waals surface area contributed by atoms with Crippen LogP contribution in [0.2, 0.25) is 0 Å². The molecule has 1 aliphatic heterocycles. The van der Waals surface area contributed by atoms with Crippen molar-refractivity contribution in [2.75, 3.05) is 31.1 Å². The summed E-state index contributed by atoms with van der Waals surface area (Å²) in [6, 6.07) is 15.5. The summed E-state index contributed by atoms with van der Waals surface area (Å²) in [5.41, 5.74) is 1.99. The molecule has 0 radical (unpaired) electrons. The molecule has 1 fully saturated rings. The van der Waals surface area contributed by atoms with Crippen LogP contribution in [0.1, 0.15) is 28.8 Å². The lowest BCUT2D eigenvalue weighted by molar-refractivity contribution is -0.124. The molecule has 4 rings (SSSR count). The third-order valence-corrected chi connectivity index (χ3v) is 6.58. The monoisotopic (exact) mass is 482 g/mol. The standard InChI is InChI=1S/C24H26N4O5S/c25-34(31,32)19-9-7-17(8-10-19)11-12-26-22(29)16-33-24(30)20-15-18-5-1-2-6-21(18)27-23(20)28-13-3-4-14-28/h1-2,5-10,15H,3-4,11-14,16H2,(H,26,29)(H2,25,31,32). The highest BCUT2D eigenvalue weighted by Crippen LogP contribution is 2.27. The number of carbonyl (C=O) groups is 2. The van der Waals surface area contributed by atoms with E-state index in [1.165, 1.54) is 12.1 Å². The number of amides is 1. The summed E-state index contributed by atoms with van der Waals surface area (Å²) in [6.45, 7) is 1.55. The van der Waals surface area contributed by atoms with Gasteiger partial charge in [-0.05, 0) is 49.1 Å². The van der Waals surface area contributed by atoms with E-state index in [2.05, 4.69) is 15.2 Å². The molecule has 1 aliphatic rings. The van der Waals surface area contributed by atoms with Crippen molar-refractivity contribution in [2.45, 2.75) is 24.2 Å². The van der Waals surface area contributed by atoms with Crippen LogP contribution in [0.5, 0.6) is 0 Å². The summed E-state index contributed by atoms with van der Waals surface area (Å²) in [4.78, 5) is 31.8. The van der Waals surface area contributed by atoms with E-state index in [1.54, 1.807) is 18.2 Å². The van der Waals surface area contributed by atoms with Crippen LogP contribution in [-0.2, 0) is 26.0 Å². The number of nitrogens with two attached hydrogens (primary N) is 1. The van der Waals surface area contributed by atoms with Crippen LogP contribution in [-0.4, -0.2) is 51.5 Å². The quantitative estimate of drug-likeness (QED) is 0.469. The summed E-state index contributed by atoms with van der Waals surface area (Å²) in [5, 5.41) is 8.61. The fourth-order valence-electron chi connectivity index (χ4n) is 3.88. The average Bonchev–Trinajstić information content (AvgIpc) is 3.36. The van der Waals surface area contributed by atoms with Crippen molar-refractivity contribution in [1.29, 1.82) is 0 Å². The molecule has 3 N–H and O–H groups in total. The maximum absolute atomic E-state index is 12.9. The number of aromatic nitrogens is 1. The minimum absolute atomic E-state index is 0.0312. The SMILES string of the molecule is NS(=O)(=O)c1ccc(CCNC(=O)COC(=O)c2cc3ccccc3nc2N2CCCC2)cc1. The molecule has 178 valence electrons. The van der Waals surface area contributed by atoms with Crippen LogP contribution in [0.4, 0.5) is 5.82 Å². The number of rotatable bonds is 8. The van der Waals surface area contributed by atoms with Gasteiger partial charge in [-0.25, -0.2) is 23.3 Å². The van der Waals surface area contributed by atoms with Gasteiger partial charge in [-0.2, -0.15) is 0 Å². The van der Waals surface area contributed by atoms with E-state index >= 15 is 0 Å². The third-order valence-electron chi connectivity index (χ3n) is 5.65. The van der Waals surface area contributed by atoms with E-state index in [-0.39, 0.29) is 4.90 Å². The molecule has 34 heavy (non-hydrogen) atoms. The smallest absolute Gasteiger partial charge is 0.342 e. The van der Waals surface area contributed by atoms with Crippen LogP contribution < -0.4 is 15.4 Å². The van der Waals surface area contributed by atoms with Gasteiger partial charge in [0.1, 0.15) is 11.4 Å². The number of ether oxygens (including phenoxy) is 1. The van der Waals surface area contributed by atoms with Crippen LogP contribution in [0.3, 0.4) is 0 Å². The molecular formula is C24H26N4O5S. The Morgan fingerprint density at radius 1 is 1.06 bits per heavy atom. The molecule has 0 atom stereocenters. The molecule has 2 aromatic carbocycles. The van der Waals surface area contributed by atoms with Gasteiger partial charge in [0.25, 0.3) is 5.91 Å². The van der Waals surface area contributed by atoms with Gasteiger partial charge in [-0.3, -0.25) is 4.79 Å². The molecule has 0 aliphatic carbocycles. The number of anilines is 1. The number of para-hydroxylation sites is 1. The first-order valence-electron chi connectivity index (χ1n) is 11.0. The Kier molecular flexibility index (Phi) is 7.09. The van der Waals surface area contributed by atoms with E-state index < -0.39 is 28.5 Å². The number of sulfonamides is 1. The number of esters is 1. The first kappa shape index (κ1) is 23.7. The molecule has 1 aromatic heterocycles. The van der Waals surface area contributed by atoms with Gasteiger partial charge in [0.2, 0.25) is 10.0 Å². The minimum Gasteiger partial charge on any atom is -0.452 e. The topological polar surface area (TPSA) is 132 Å². The van der Waals surface area contributed by atoms with E-state index in [9.17, 15) is 18.0 Å². The maximum atomic E-state index is 12.9.